The van der Waals surface area contributed by atoms with Crippen LogP contribution in [0.25, 0.3) is 11.2 Å². The molecular formula is C16H16N5O5P. The van der Waals surface area contributed by atoms with Gasteiger partial charge < -0.3 is 15.0 Å². The molecule has 3 heterocycles. The molecule has 4 rings (SSSR count). The lowest BCUT2D eigenvalue weighted by molar-refractivity contribution is -0.00605. The van der Waals surface area contributed by atoms with Crippen LogP contribution in [-0.4, -0.2) is 37.1 Å². The van der Waals surface area contributed by atoms with Crippen LogP contribution in [0.3, 0.4) is 0 Å². The highest BCUT2D eigenvalue weighted by molar-refractivity contribution is 7.47. The summed E-state index contributed by atoms with van der Waals surface area (Å²) in [6.45, 7) is -0.155. The highest BCUT2D eigenvalue weighted by atomic mass is 31.2. The summed E-state index contributed by atoms with van der Waals surface area (Å²) in [4.78, 5) is 22.1. The number of rotatable bonds is 6. The predicted molar refractivity (Wildman–Crippen MR) is 95.6 cm³/mol. The molecule has 3 atom stereocenters. The fourth-order valence-electron chi connectivity index (χ4n) is 2.61. The molecule has 0 saturated heterocycles. The number of aromatic nitrogens is 4. The fraction of sp³-hybridized carbons (Fsp3) is 0.188. The number of hydrogen-bond acceptors (Lipinski definition) is 8. The van der Waals surface area contributed by atoms with Gasteiger partial charge in [0.2, 0.25) is 0 Å². The van der Waals surface area contributed by atoms with E-state index < -0.39 is 20.2 Å². The van der Waals surface area contributed by atoms with Gasteiger partial charge in [-0.15, -0.1) is 0 Å². The molecule has 2 aromatic heterocycles. The first kappa shape index (κ1) is 17.6. The van der Waals surface area contributed by atoms with E-state index in [9.17, 15) is 9.46 Å². The Morgan fingerprint density at radius 3 is 2.85 bits per heavy atom. The van der Waals surface area contributed by atoms with Gasteiger partial charge in [0.15, 0.2) is 17.7 Å². The van der Waals surface area contributed by atoms with Crippen molar-refractivity contribution >= 4 is 24.8 Å². The molecule has 3 N–H and O–H groups in total. The summed E-state index contributed by atoms with van der Waals surface area (Å²) in [6, 6.07) is 8.27. The number of para-hydroxylation sites is 1. The Balaban J connectivity index is 1.38. The lowest BCUT2D eigenvalue weighted by Gasteiger charge is -2.17. The molecule has 0 spiro atoms. The van der Waals surface area contributed by atoms with Gasteiger partial charge in [0, 0.05) is 0 Å². The molecule has 3 aromatic rings. The van der Waals surface area contributed by atoms with Crippen molar-refractivity contribution in [2.75, 3.05) is 12.3 Å². The van der Waals surface area contributed by atoms with Crippen molar-refractivity contribution in [1.29, 1.82) is 0 Å². The van der Waals surface area contributed by atoms with Gasteiger partial charge in [0.25, 0.3) is 0 Å². The molecule has 0 bridgehead atoms. The molecule has 11 heteroatoms. The third kappa shape index (κ3) is 3.83. The van der Waals surface area contributed by atoms with Crippen molar-refractivity contribution in [2.45, 2.75) is 12.3 Å². The van der Waals surface area contributed by atoms with E-state index in [-0.39, 0.29) is 18.2 Å². The maximum Gasteiger partial charge on any atom is 0.527 e. The summed E-state index contributed by atoms with van der Waals surface area (Å²) in [5.41, 5.74) is 6.78. The van der Waals surface area contributed by atoms with Crippen LogP contribution in [0.4, 0.5) is 5.82 Å². The second kappa shape index (κ2) is 7.09. The summed E-state index contributed by atoms with van der Waals surface area (Å²) in [7, 11) is -4.26. The molecule has 0 fully saturated rings. The molecule has 0 aliphatic carbocycles. The van der Waals surface area contributed by atoms with Crippen molar-refractivity contribution in [3.63, 3.8) is 0 Å². The molecule has 27 heavy (non-hydrogen) atoms. The van der Waals surface area contributed by atoms with E-state index in [1.54, 1.807) is 53.4 Å². The predicted octanol–water partition coefficient (Wildman–Crippen LogP) is 2.06. The van der Waals surface area contributed by atoms with Gasteiger partial charge in [-0.25, -0.2) is 19.5 Å². The van der Waals surface area contributed by atoms with E-state index in [0.717, 1.165) is 0 Å². The first-order valence-electron chi connectivity index (χ1n) is 8.00. The number of nitrogens with zero attached hydrogens (tertiary/aromatic N) is 4. The van der Waals surface area contributed by atoms with Crippen LogP contribution in [0.2, 0.25) is 0 Å². The van der Waals surface area contributed by atoms with E-state index in [2.05, 4.69) is 15.0 Å². The summed E-state index contributed by atoms with van der Waals surface area (Å²) < 4.78 is 29.6. The average Bonchev–Trinajstić information content (AvgIpc) is 3.28. The third-order valence-electron chi connectivity index (χ3n) is 3.83. The molecule has 140 valence electrons. The molecular weight excluding hydrogens is 373 g/mol. The Bertz CT molecular complexity index is 1020. The zero-order valence-electron chi connectivity index (χ0n) is 14.0. The van der Waals surface area contributed by atoms with Crippen LogP contribution in [-0.2, 0) is 13.8 Å². The highest BCUT2D eigenvalue weighted by Crippen LogP contribution is 2.44. The molecule has 1 aliphatic rings. The molecule has 1 aliphatic heterocycles. The van der Waals surface area contributed by atoms with E-state index in [1.165, 1.54) is 6.33 Å². The standard InChI is InChI=1S/C16H16N5O5P/c17-15-14-16(19-9-18-15)21(10-20-14)13-7-6-12(25-13)8-24-27(22,23)26-11-4-2-1-3-5-11/h1-7,9-10,12-13H,8H2,(H,22,23)(H2,17,18,19)/t12-,13+/m0/s1. The van der Waals surface area contributed by atoms with Crippen molar-refractivity contribution in [1.82, 2.24) is 19.5 Å². The van der Waals surface area contributed by atoms with Crippen molar-refractivity contribution in [3.8, 4) is 5.75 Å². The monoisotopic (exact) mass is 389 g/mol. The summed E-state index contributed by atoms with van der Waals surface area (Å²) in [6.07, 6.45) is 5.36. The average molecular weight is 389 g/mol. The summed E-state index contributed by atoms with van der Waals surface area (Å²) in [5.74, 6) is 0.520. The fourth-order valence-corrected chi connectivity index (χ4v) is 3.38. The molecule has 10 nitrogen and oxygen atoms in total. The number of imidazole rings is 1. The second-order valence-electron chi connectivity index (χ2n) is 5.70. The van der Waals surface area contributed by atoms with Crippen LogP contribution in [0.1, 0.15) is 6.23 Å². The zero-order chi connectivity index (χ0) is 18.9. The third-order valence-corrected chi connectivity index (χ3v) is 4.75. The van der Waals surface area contributed by atoms with Gasteiger partial charge in [0.05, 0.1) is 12.9 Å². The van der Waals surface area contributed by atoms with Gasteiger partial charge >= 0.3 is 7.82 Å². The Labute approximate surface area is 153 Å². The molecule has 0 saturated carbocycles. The van der Waals surface area contributed by atoms with Gasteiger partial charge in [-0.2, -0.15) is 0 Å². The quantitative estimate of drug-likeness (QED) is 0.480. The topological polar surface area (TPSA) is 135 Å². The minimum Gasteiger partial charge on any atom is -0.404 e. The van der Waals surface area contributed by atoms with E-state index in [4.69, 9.17) is 19.5 Å². The van der Waals surface area contributed by atoms with Crippen LogP contribution in [0.15, 0.2) is 55.1 Å². The smallest absolute Gasteiger partial charge is 0.404 e. The number of anilines is 1. The maximum absolute atomic E-state index is 12.0. The largest absolute Gasteiger partial charge is 0.527 e. The summed E-state index contributed by atoms with van der Waals surface area (Å²) in [5, 5.41) is 0. The number of fused-ring (bicyclic) bond motifs is 1. The zero-order valence-corrected chi connectivity index (χ0v) is 14.8. The van der Waals surface area contributed by atoms with Crippen molar-refractivity contribution in [3.05, 3.63) is 55.1 Å². The SMILES string of the molecule is Nc1ncnc2c1ncn2[C@H]1C=C[C@@H](COP(=O)(O)Oc2ccccc2)O1. The highest BCUT2D eigenvalue weighted by Gasteiger charge is 2.28. The first-order chi connectivity index (χ1) is 13.0. The van der Waals surface area contributed by atoms with Gasteiger partial charge in [-0.1, -0.05) is 24.3 Å². The molecule has 1 aromatic carbocycles. The first-order valence-corrected chi connectivity index (χ1v) is 9.50. The Morgan fingerprint density at radius 2 is 2.04 bits per heavy atom. The van der Waals surface area contributed by atoms with Crippen molar-refractivity contribution < 1.29 is 23.2 Å². The van der Waals surface area contributed by atoms with E-state index in [1.807, 2.05) is 0 Å². The number of phosphoric ester groups is 1. The van der Waals surface area contributed by atoms with Gasteiger partial charge in [0.1, 0.15) is 23.7 Å². The van der Waals surface area contributed by atoms with Crippen LogP contribution < -0.4 is 10.3 Å². The van der Waals surface area contributed by atoms with Crippen LogP contribution in [0, 0.1) is 0 Å². The van der Waals surface area contributed by atoms with Crippen LogP contribution in [0.5, 0.6) is 5.75 Å². The van der Waals surface area contributed by atoms with E-state index >= 15 is 0 Å². The normalized spacial score (nSPS) is 21.4. The Hall–Kier alpha value is -2.78. The van der Waals surface area contributed by atoms with Gasteiger partial charge in [-0.05, 0) is 18.2 Å². The second-order valence-corrected chi connectivity index (χ2v) is 7.08. The number of hydrogen-bond donors (Lipinski definition) is 2. The number of nitrogens with two attached hydrogens (primary N) is 1. The Morgan fingerprint density at radius 1 is 1.22 bits per heavy atom. The van der Waals surface area contributed by atoms with Crippen LogP contribution >= 0.6 is 7.82 Å². The Kier molecular flexibility index (Phi) is 4.63. The lowest BCUT2D eigenvalue weighted by atomic mass is 10.3. The molecule has 0 radical (unpaired) electrons. The number of phosphoric acid groups is 1. The van der Waals surface area contributed by atoms with Gasteiger partial charge in [-0.3, -0.25) is 14.0 Å². The molecule has 0 amide bonds. The number of ether oxygens (including phenoxy) is 1. The minimum absolute atomic E-state index is 0.155. The minimum atomic E-state index is -4.26. The molecule has 1 unspecified atom stereocenters. The number of nitrogen functional groups attached to an aromatic ring is 1. The van der Waals surface area contributed by atoms with E-state index in [0.29, 0.717) is 11.2 Å². The lowest BCUT2D eigenvalue weighted by Crippen LogP contribution is -2.17. The number of benzene rings is 1. The van der Waals surface area contributed by atoms with Crippen molar-refractivity contribution in [2.24, 2.45) is 0 Å². The summed E-state index contributed by atoms with van der Waals surface area (Å²) >= 11 is 0. The maximum atomic E-state index is 12.0.